The summed E-state index contributed by atoms with van der Waals surface area (Å²) < 4.78 is 15.9. The number of thioether (sulfide) groups is 1. The number of esters is 1. The first kappa shape index (κ1) is 23.7. The Labute approximate surface area is 195 Å². The summed E-state index contributed by atoms with van der Waals surface area (Å²) in [6.45, 7) is 3.74. The quantitative estimate of drug-likeness (QED) is 0.418. The fourth-order valence-corrected chi connectivity index (χ4v) is 4.34. The number of hydrogen-bond donors (Lipinski definition) is 0. The molecule has 3 rings (SSSR count). The molecule has 1 aliphatic heterocycles. The van der Waals surface area contributed by atoms with Crippen LogP contribution in [0.4, 0.5) is 4.79 Å². The summed E-state index contributed by atoms with van der Waals surface area (Å²) >= 11 is 7.18. The summed E-state index contributed by atoms with van der Waals surface area (Å²) in [4.78, 5) is 37.8. The van der Waals surface area contributed by atoms with Crippen LogP contribution in [0, 0.1) is 6.92 Å². The van der Waals surface area contributed by atoms with Crippen molar-refractivity contribution < 1.29 is 28.6 Å². The molecule has 0 saturated carbocycles. The molecular formula is C23H22ClNO6S. The maximum Gasteiger partial charge on any atom is 0.328 e. The van der Waals surface area contributed by atoms with Crippen molar-refractivity contribution >= 4 is 46.6 Å². The standard InChI is InChI=1S/C23H22ClNO6S/c1-13-6-5-7-15(8-13)12-31-20-17(24)9-16(10-18(20)29-3)11-19-21(26)25(23(28)32-19)14(2)22(27)30-4/h5-11,14H,12H2,1-4H3/b19-11+/t14-/m1/s1. The Hall–Kier alpha value is -2.97. The Morgan fingerprint density at radius 2 is 1.97 bits per heavy atom. The van der Waals surface area contributed by atoms with Crippen LogP contribution < -0.4 is 9.47 Å². The highest BCUT2D eigenvalue weighted by atomic mass is 35.5. The Morgan fingerprint density at radius 3 is 2.62 bits per heavy atom. The van der Waals surface area contributed by atoms with Crippen LogP contribution in [-0.2, 0) is 20.9 Å². The van der Waals surface area contributed by atoms with Crippen molar-refractivity contribution in [2.75, 3.05) is 14.2 Å². The molecular weight excluding hydrogens is 454 g/mol. The number of imide groups is 1. The van der Waals surface area contributed by atoms with Gasteiger partial charge in [-0.1, -0.05) is 41.4 Å². The van der Waals surface area contributed by atoms with Gasteiger partial charge in [-0.3, -0.25) is 14.5 Å². The van der Waals surface area contributed by atoms with E-state index in [-0.39, 0.29) is 4.91 Å². The average Bonchev–Trinajstić information content (AvgIpc) is 3.04. The molecule has 0 aromatic heterocycles. The number of rotatable bonds is 7. The van der Waals surface area contributed by atoms with Crippen molar-refractivity contribution in [1.29, 1.82) is 0 Å². The molecule has 7 nitrogen and oxygen atoms in total. The topological polar surface area (TPSA) is 82.1 Å². The lowest BCUT2D eigenvalue weighted by atomic mass is 10.1. The Balaban J connectivity index is 1.84. The third-order valence-electron chi connectivity index (χ3n) is 4.77. The van der Waals surface area contributed by atoms with Gasteiger partial charge in [0.25, 0.3) is 11.1 Å². The van der Waals surface area contributed by atoms with Crippen LogP contribution in [-0.4, -0.2) is 42.3 Å². The minimum absolute atomic E-state index is 0.164. The lowest BCUT2D eigenvalue weighted by Gasteiger charge is -2.18. The van der Waals surface area contributed by atoms with E-state index in [1.54, 1.807) is 12.1 Å². The smallest absolute Gasteiger partial charge is 0.328 e. The van der Waals surface area contributed by atoms with Gasteiger partial charge >= 0.3 is 5.97 Å². The summed E-state index contributed by atoms with van der Waals surface area (Å²) in [5.74, 6) is -0.486. The molecule has 2 amide bonds. The van der Waals surface area contributed by atoms with E-state index in [1.807, 2.05) is 31.2 Å². The molecule has 1 fully saturated rings. The van der Waals surface area contributed by atoms with Crippen LogP contribution in [0.15, 0.2) is 41.3 Å². The minimum Gasteiger partial charge on any atom is -0.493 e. The van der Waals surface area contributed by atoms with E-state index in [1.165, 1.54) is 27.2 Å². The normalized spacial score (nSPS) is 15.8. The summed E-state index contributed by atoms with van der Waals surface area (Å²) in [6, 6.07) is 10.2. The van der Waals surface area contributed by atoms with Gasteiger partial charge in [-0.05, 0) is 54.9 Å². The number of carbonyl (C=O) groups excluding carboxylic acids is 3. The Bertz CT molecular complexity index is 1100. The summed E-state index contributed by atoms with van der Waals surface area (Å²) in [5.41, 5.74) is 2.65. The number of amides is 2. The van der Waals surface area contributed by atoms with E-state index in [0.29, 0.717) is 28.7 Å². The fraction of sp³-hybridized carbons (Fsp3) is 0.261. The molecule has 0 bridgehead atoms. The van der Waals surface area contributed by atoms with Crippen LogP contribution in [0.1, 0.15) is 23.6 Å². The summed E-state index contributed by atoms with van der Waals surface area (Å²) in [5, 5.41) is -0.249. The largest absolute Gasteiger partial charge is 0.493 e. The Kier molecular flexibility index (Phi) is 7.48. The zero-order valence-electron chi connectivity index (χ0n) is 18.0. The molecule has 0 aliphatic carbocycles. The van der Waals surface area contributed by atoms with Crippen LogP contribution in [0.2, 0.25) is 5.02 Å². The number of hydrogen-bond acceptors (Lipinski definition) is 7. The fourth-order valence-electron chi connectivity index (χ4n) is 3.16. The molecule has 1 saturated heterocycles. The molecule has 0 N–H and O–H groups in total. The van der Waals surface area contributed by atoms with Gasteiger partial charge in [-0.2, -0.15) is 0 Å². The molecule has 0 radical (unpaired) electrons. The first-order valence-corrected chi connectivity index (χ1v) is 10.9. The van der Waals surface area contributed by atoms with Gasteiger partial charge in [0.1, 0.15) is 12.6 Å². The molecule has 1 atom stereocenters. The first-order valence-electron chi connectivity index (χ1n) is 9.66. The van der Waals surface area contributed by atoms with Gasteiger partial charge in [0.15, 0.2) is 11.5 Å². The van der Waals surface area contributed by atoms with E-state index in [0.717, 1.165) is 27.8 Å². The number of aryl methyl sites for hydroxylation is 1. The second kappa shape index (κ2) is 10.1. The summed E-state index contributed by atoms with van der Waals surface area (Å²) in [6.07, 6.45) is 1.52. The van der Waals surface area contributed by atoms with Crippen LogP contribution >= 0.6 is 23.4 Å². The van der Waals surface area contributed by atoms with Crippen molar-refractivity contribution in [2.45, 2.75) is 26.5 Å². The second-order valence-electron chi connectivity index (χ2n) is 7.06. The van der Waals surface area contributed by atoms with E-state index >= 15 is 0 Å². The SMILES string of the molecule is COC(=O)[C@@H](C)N1C(=O)S/C(=C/c2cc(Cl)c(OCc3cccc(C)c3)c(OC)c2)C1=O. The lowest BCUT2D eigenvalue weighted by molar-refractivity contribution is -0.148. The third kappa shape index (κ3) is 5.08. The molecule has 2 aromatic rings. The monoisotopic (exact) mass is 475 g/mol. The maximum atomic E-state index is 12.7. The van der Waals surface area contributed by atoms with Crippen molar-refractivity contribution in [3.05, 3.63) is 63.0 Å². The highest BCUT2D eigenvalue weighted by Crippen LogP contribution is 2.39. The maximum absolute atomic E-state index is 12.7. The zero-order valence-corrected chi connectivity index (χ0v) is 19.6. The van der Waals surface area contributed by atoms with Crippen LogP contribution in [0.5, 0.6) is 11.5 Å². The van der Waals surface area contributed by atoms with Crippen molar-refractivity contribution in [2.24, 2.45) is 0 Å². The molecule has 0 spiro atoms. The molecule has 168 valence electrons. The number of ether oxygens (including phenoxy) is 3. The third-order valence-corrected chi connectivity index (χ3v) is 5.93. The van der Waals surface area contributed by atoms with Gasteiger partial charge in [0.2, 0.25) is 0 Å². The number of methoxy groups -OCH3 is 2. The highest BCUT2D eigenvalue weighted by Gasteiger charge is 2.41. The minimum atomic E-state index is -1.02. The number of nitrogens with zero attached hydrogens (tertiary/aromatic N) is 1. The van der Waals surface area contributed by atoms with Gasteiger partial charge < -0.3 is 14.2 Å². The highest BCUT2D eigenvalue weighted by molar-refractivity contribution is 8.18. The van der Waals surface area contributed by atoms with E-state index in [4.69, 9.17) is 21.1 Å². The lowest BCUT2D eigenvalue weighted by Crippen LogP contribution is -2.42. The molecule has 32 heavy (non-hydrogen) atoms. The van der Waals surface area contributed by atoms with Gasteiger partial charge in [0.05, 0.1) is 24.1 Å². The predicted molar refractivity (Wildman–Crippen MR) is 123 cm³/mol. The predicted octanol–water partition coefficient (Wildman–Crippen LogP) is 4.83. The van der Waals surface area contributed by atoms with Gasteiger partial charge in [-0.15, -0.1) is 0 Å². The van der Waals surface area contributed by atoms with Crippen LogP contribution in [0.3, 0.4) is 0 Å². The average molecular weight is 476 g/mol. The van der Waals surface area contributed by atoms with Crippen molar-refractivity contribution in [1.82, 2.24) is 4.90 Å². The first-order chi connectivity index (χ1) is 15.2. The van der Waals surface area contributed by atoms with Crippen LogP contribution in [0.25, 0.3) is 6.08 Å². The zero-order chi connectivity index (χ0) is 23.4. The molecule has 9 heteroatoms. The van der Waals surface area contributed by atoms with E-state index in [2.05, 4.69) is 4.74 Å². The van der Waals surface area contributed by atoms with Gasteiger partial charge in [0, 0.05) is 0 Å². The molecule has 0 unspecified atom stereocenters. The van der Waals surface area contributed by atoms with E-state index < -0.39 is 23.2 Å². The molecule has 2 aromatic carbocycles. The Morgan fingerprint density at radius 1 is 1.22 bits per heavy atom. The van der Waals surface area contributed by atoms with Crippen molar-refractivity contribution in [3.8, 4) is 11.5 Å². The summed E-state index contributed by atoms with van der Waals surface area (Å²) in [7, 11) is 2.69. The molecule has 1 heterocycles. The number of carbonyl (C=O) groups is 3. The van der Waals surface area contributed by atoms with Gasteiger partial charge in [-0.25, -0.2) is 4.79 Å². The van der Waals surface area contributed by atoms with Crippen molar-refractivity contribution in [3.63, 3.8) is 0 Å². The number of benzene rings is 2. The second-order valence-corrected chi connectivity index (χ2v) is 8.46. The molecule has 1 aliphatic rings. The number of halogens is 1. The van der Waals surface area contributed by atoms with E-state index in [9.17, 15) is 14.4 Å².